The molecule has 0 aromatic heterocycles. The first-order valence-corrected chi connectivity index (χ1v) is 7.13. The lowest BCUT2D eigenvalue weighted by Gasteiger charge is -2.23. The van der Waals surface area contributed by atoms with Gasteiger partial charge in [-0.2, -0.15) is 0 Å². The van der Waals surface area contributed by atoms with Crippen LogP contribution in [-0.4, -0.2) is 7.05 Å². The normalized spacial score (nSPS) is 10.1. The van der Waals surface area contributed by atoms with Crippen LogP contribution in [-0.2, 0) is 4.57 Å². The number of rotatable bonds is 4. The van der Waals surface area contributed by atoms with Crippen LogP contribution in [0.2, 0.25) is 0 Å². The Hall–Kier alpha value is -1.81. The van der Waals surface area contributed by atoms with Crippen molar-refractivity contribution < 1.29 is 24.2 Å². The summed E-state index contributed by atoms with van der Waals surface area (Å²) in [5.41, 5.74) is 3.25. The molecule has 0 aliphatic carbocycles. The largest absolute Gasteiger partial charge is 0.736 e. The van der Waals surface area contributed by atoms with Crippen LogP contribution < -0.4 is 19.7 Å². The Morgan fingerprint density at radius 3 is 1.47 bits per heavy atom. The summed E-state index contributed by atoms with van der Waals surface area (Å²) in [6, 6.07) is 16.4. The number of quaternary nitrogens is 1. The third-order valence-electron chi connectivity index (χ3n) is 1.92. The third kappa shape index (κ3) is 5.57. The van der Waals surface area contributed by atoms with Crippen LogP contribution in [0.4, 0.5) is 0 Å². The van der Waals surface area contributed by atoms with Crippen molar-refractivity contribution in [3.8, 4) is 11.5 Å². The molecule has 6 heteroatoms. The molecule has 0 aliphatic heterocycles. The molecular weight excluding hydrogens is 265 g/mol. The number of phosphoric acid groups is 1. The van der Waals surface area contributed by atoms with Crippen LogP contribution >= 0.6 is 7.82 Å². The smallest absolute Gasteiger partial charge is 0.372 e. The van der Waals surface area contributed by atoms with E-state index in [9.17, 15) is 9.46 Å². The van der Waals surface area contributed by atoms with Gasteiger partial charge in [0.25, 0.3) is 0 Å². The van der Waals surface area contributed by atoms with Crippen molar-refractivity contribution in [2.75, 3.05) is 7.05 Å². The lowest BCUT2D eigenvalue weighted by atomic mass is 10.3. The van der Waals surface area contributed by atoms with Crippen LogP contribution in [0.15, 0.2) is 60.7 Å². The molecule has 0 radical (unpaired) electrons. The minimum Gasteiger partial charge on any atom is -0.736 e. The molecule has 102 valence electrons. The fourth-order valence-corrected chi connectivity index (χ4v) is 2.04. The molecule has 2 rings (SSSR count). The topological polar surface area (TPSA) is 86.2 Å². The van der Waals surface area contributed by atoms with Gasteiger partial charge in [0.2, 0.25) is 0 Å². The first-order chi connectivity index (χ1) is 9.16. The average molecular weight is 281 g/mol. The summed E-state index contributed by atoms with van der Waals surface area (Å²) in [5, 5.41) is 0. The van der Waals surface area contributed by atoms with Crippen LogP contribution in [0.1, 0.15) is 0 Å². The molecule has 0 heterocycles. The molecule has 0 atom stereocenters. The van der Waals surface area contributed by atoms with Crippen molar-refractivity contribution in [3.63, 3.8) is 0 Å². The van der Waals surface area contributed by atoms with Crippen LogP contribution in [0.3, 0.4) is 0 Å². The average Bonchev–Trinajstić information content (AvgIpc) is 2.42. The second-order valence-corrected chi connectivity index (χ2v) is 4.52. The van der Waals surface area contributed by atoms with Gasteiger partial charge in [-0.3, -0.25) is 0 Å². The summed E-state index contributed by atoms with van der Waals surface area (Å²) in [6.45, 7) is 0. The van der Waals surface area contributed by atoms with Gasteiger partial charge in [-0.05, 0) is 24.3 Å². The van der Waals surface area contributed by atoms with E-state index in [1.54, 1.807) is 67.7 Å². The van der Waals surface area contributed by atoms with Gasteiger partial charge in [0.05, 0.1) is 7.05 Å². The van der Waals surface area contributed by atoms with Gasteiger partial charge < -0.3 is 19.7 Å². The van der Waals surface area contributed by atoms with Crippen molar-refractivity contribution in [2.24, 2.45) is 0 Å². The molecule has 3 N–H and O–H groups in total. The first kappa shape index (κ1) is 15.2. The van der Waals surface area contributed by atoms with Gasteiger partial charge in [0, 0.05) is 0 Å². The number of benzene rings is 2. The van der Waals surface area contributed by atoms with E-state index in [4.69, 9.17) is 9.05 Å². The summed E-state index contributed by atoms with van der Waals surface area (Å²) in [6.07, 6.45) is 0. The van der Waals surface area contributed by atoms with Crippen LogP contribution in [0.25, 0.3) is 0 Å². The third-order valence-corrected chi connectivity index (χ3v) is 2.79. The molecule has 0 aliphatic rings. The summed E-state index contributed by atoms with van der Waals surface area (Å²) in [5.74, 6) is 0.448. The predicted molar refractivity (Wildman–Crippen MR) is 70.6 cm³/mol. The summed E-state index contributed by atoms with van der Waals surface area (Å²) >= 11 is 0. The first-order valence-electron chi connectivity index (χ1n) is 5.67. The van der Waals surface area contributed by atoms with E-state index in [-0.39, 0.29) is 11.5 Å². The fourth-order valence-electron chi connectivity index (χ4n) is 1.24. The molecule has 0 bridgehead atoms. The zero-order valence-electron chi connectivity index (χ0n) is 10.6. The predicted octanol–water partition coefficient (Wildman–Crippen LogP) is 1.47. The Kier molecular flexibility index (Phi) is 6.09. The standard InChI is InChI=1S/C12H11O4P.CH5N/c13-17(14,15-11-7-3-1-4-8-11)16-12-9-5-2-6-10-12;1-2/h1-10H,(H,13,14);2H2,1H3. The second kappa shape index (κ2) is 7.59. The molecule has 5 nitrogen and oxygen atoms in total. The molecule has 0 saturated carbocycles. The number of phosphoric ester groups is 1. The van der Waals surface area contributed by atoms with Crippen molar-refractivity contribution in [1.82, 2.24) is 0 Å². The van der Waals surface area contributed by atoms with Gasteiger partial charge in [-0.15, -0.1) is 0 Å². The lowest BCUT2D eigenvalue weighted by Crippen LogP contribution is -2.40. The summed E-state index contributed by atoms with van der Waals surface area (Å²) in [4.78, 5) is 11.6. The Morgan fingerprint density at radius 2 is 1.16 bits per heavy atom. The summed E-state index contributed by atoms with van der Waals surface area (Å²) < 4.78 is 21.1. The van der Waals surface area contributed by atoms with E-state index >= 15 is 0 Å². The van der Waals surface area contributed by atoms with Crippen molar-refractivity contribution in [3.05, 3.63) is 60.7 Å². The highest BCUT2D eigenvalue weighted by Crippen LogP contribution is 2.40. The van der Waals surface area contributed by atoms with Crippen LogP contribution in [0, 0.1) is 0 Å². The van der Waals surface area contributed by atoms with Crippen molar-refractivity contribution in [1.29, 1.82) is 0 Å². The highest BCUT2D eigenvalue weighted by atomic mass is 31.2. The maximum absolute atomic E-state index is 11.6. The number of para-hydroxylation sites is 2. The highest BCUT2D eigenvalue weighted by molar-refractivity contribution is 7.46. The fraction of sp³-hybridized carbons (Fsp3) is 0.0769. The minimum atomic E-state index is -4.39. The van der Waals surface area contributed by atoms with Gasteiger partial charge in [0.1, 0.15) is 11.5 Å². The zero-order chi connectivity index (χ0) is 14.1. The van der Waals surface area contributed by atoms with E-state index in [0.29, 0.717) is 0 Å². The Morgan fingerprint density at radius 1 is 0.842 bits per heavy atom. The molecule has 19 heavy (non-hydrogen) atoms. The van der Waals surface area contributed by atoms with Gasteiger partial charge in [-0.25, -0.2) is 4.57 Å². The van der Waals surface area contributed by atoms with Crippen molar-refractivity contribution in [2.45, 2.75) is 0 Å². The Balaban J connectivity index is 0.000000861. The maximum atomic E-state index is 11.6. The van der Waals surface area contributed by atoms with E-state index < -0.39 is 7.82 Å². The van der Waals surface area contributed by atoms with E-state index in [2.05, 4.69) is 5.73 Å². The number of hydrogen-bond acceptors (Lipinski definition) is 4. The van der Waals surface area contributed by atoms with Gasteiger partial charge in [-0.1, -0.05) is 36.4 Å². The Labute approximate surface area is 112 Å². The zero-order valence-corrected chi connectivity index (χ0v) is 11.5. The number of hydrogen-bond donors (Lipinski definition) is 1. The van der Waals surface area contributed by atoms with E-state index in [0.717, 1.165) is 0 Å². The molecule has 0 amide bonds. The molecule has 0 saturated heterocycles. The SMILES string of the molecule is C[NH3+].O=P([O-])(Oc1ccccc1)Oc1ccccc1. The molecular formula is C13H16NO4P. The van der Waals surface area contributed by atoms with E-state index in [1.165, 1.54) is 0 Å². The molecule has 0 unspecified atom stereocenters. The molecule has 2 aromatic carbocycles. The minimum absolute atomic E-state index is 0.224. The quantitative estimate of drug-likeness (QED) is 0.860. The second-order valence-electron chi connectivity index (χ2n) is 3.26. The van der Waals surface area contributed by atoms with Crippen molar-refractivity contribution >= 4 is 7.82 Å². The molecule has 0 fully saturated rings. The van der Waals surface area contributed by atoms with Gasteiger partial charge in [0.15, 0.2) is 0 Å². The molecule has 2 aromatic rings. The van der Waals surface area contributed by atoms with E-state index in [1.807, 2.05) is 0 Å². The highest BCUT2D eigenvalue weighted by Gasteiger charge is 2.12. The monoisotopic (exact) mass is 281 g/mol. The van der Waals surface area contributed by atoms with Gasteiger partial charge >= 0.3 is 7.82 Å². The summed E-state index contributed by atoms with van der Waals surface area (Å²) in [7, 11) is -2.64. The Bertz CT molecular complexity index is 473. The van der Waals surface area contributed by atoms with Crippen LogP contribution in [0.5, 0.6) is 11.5 Å². The maximum Gasteiger partial charge on any atom is 0.372 e. The molecule has 0 spiro atoms. The lowest BCUT2D eigenvalue weighted by molar-refractivity contribution is -0.325.